The van der Waals surface area contributed by atoms with Crippen molar-refractivity contribution in [3.8, 4) is 0 Å². The number of nitro groups is 1. The van der Waals surface area contributed by atoms with Gasteiger partial charge in [0.1, 0.15) is 11.2 Å². The van der Waals surface area contributed by atoms with Gasteiger partial charge in [-0.05, 0) is 17.2 Å². The molecular formula is C20H15N5O4. The maximum Gasteiger partial charge on any atom is 0.269 e. The maximum absolute atomic E-state index is 13.7. The molecular weight excluding hydrogens is 374 g/mol. The average Bonchev–Trinajstić information content (AvgIpc) is 3.27. The third kappa shape index (κ3) is 2.37. The fourth-order valence-corrected chi connectivity index (χ4v) is 4.24. The Hall–Kier alpha value is -4.01. The van der Waals surface area contributed by atoms with Crippen LogP contribution in [0.2, 0.25) is 0 Å². The number of non-ortho nitro benzene ring substituents is 1. The van der Waals surface area contributed by atoms with Crippen molar-refractivity contribution in [3.05, 3.63) is 81.5 Å². The molecule has 3 heterocycles. The van der Waals surface area contributed by atoms with Gasteiger partial charge in [-0.2, -0.15) is 5.10 Å². The highest BCUT2D eigenvalue weighted by Crippen LogP contribution is 2.51. The van der Waals surface area contributed by atoms with Crippen molar-refractivity contribution in [3.63, 3.8) is 0 Å². The summed E-state index contributed by atoms with van der Waals surface area (Å²) in [4.78, 5) is 38.2. The number of hydrogen-bond donors (Lipinski definition) is 2. The van der Waals surface area contributed by atoms with E-state index in [0.29, 0.717) is 11.4 Å². The number of aromatic nitrogens is 2. The molecule has 3 aromatic rings. The lowest BCUT2D eigenvalue weighted by Crippen LogP contribution is -2.46. The van der Waals surface area contributed by atoms with Gasteiger partial charge in [0.15, 0.2) is 0 Å². The van der Waals surface area contributed by atoms with Gasteiger partial charge in [-0.3, -0.25) is 24.8 Å². The minimum absolute atomic E-state index is 0.00780. The van der Waals surface area contributed by atoms with Crippen molar-refractivity contribution in [1.29, 1.82) is 0 Å². The van der Waals surface area contributed by atoms with E-state index in [2.05, 4.69) is 15.5 Å². The summed E-state index contributed by atoms with van der Waals surface area (Å²) in [6.45, 7) is 0.240. The molecule has 0 radical (unpaired) electrons. The van der Waals surface area contributed by atoms with E-state index < -0.39 is 10.3 Å². The zero-order chi connectivity index (χ0) is 20.2. The van der Waals surface area contributed by atoms with Gasteiger partial charge in [0, 0.05) is 29.8 Å². The van der Waals surface area contributed by atoms with Crippen molar-refractivity contribution in [2.75, 3.05) is 10.2 Å². The van der Waals surface area contributed by atoms with Crippen LogP contribution in [0, 0.1) is 10.1 Å². The van der Waals surface area contributed by atoms with Crippen LogP contribution in [-0.4, -0.2) is 26.9 Å². The molecule has 144 valence electrons. The van der Waals surface area contributed by atoms with Crippen LogP contribution in [0.1, 0.15) is 23.1 Å². The van der Waals surface area contributed by atoms with Crippen LogP contribution < -0.4 is 10.2 Å². The number of carbonyl (C=O) groups is 2. The zero-order valence-corrected chi connectivity index (χ0v) is 15.1. The zero-order valence-electron chi connectivity index (χ0n) is 15.1. The van der Waals surface area contributed by atoms with Gasteiger partial charge in [0.05, 0.1) is 17.7 Å². The molecule has 9 nitrogen and oxygen atoms in total. The van der Waals surface area contributed by atoms with Crippen LogP contribution >= 0.6 is 0 Å². The standard InChI is InChI=1S/C20H15N5O4/c26-17-9-20(15-10-21-23-18(15)22-17)14-3-1-2-4-16(14)24(19(20)27)11-12-5-7-13(8-6-12)25(28)29/h1-8,10H,9,11H2,(H2,21,22,23,26). The number of anilines is 2. The smallest absolute Gasteiger partial charge is 0.269 e. The van der Waals surface area contributed by atoms with Gasteiger partial charge in [-0.15, -0.1) is 0 Å². The SMILES string of the molecule is O=C1CC2(C(=O)N(Cc3ccc([N+](=O)[O-])cc3)c3ccccc32)c2cn[nH]c2N1. The Labute approximate surface area is 164 Å². The first-order valence-electron chi connectivity index (χ1n) is 8.99. The van der Waals surface area contributed by atoms with E-state index in [1.165, 1.54) is 12.1 Å². The summed E-state index contributed by atoms with van der Waals surface area (Å²) in [5, 5.41) is 20.4. The number of nitrogens with one attached hydrogen (secondary N) is 2. The number of amides is 2. The number of H-pyrrole nitrogens is 1. The summed E-state index contributed by atoms with van der Waals surface area (Å²) in [6, 6.07) is 13.5. The number of carbonyl (C=O) groups excluding carboxylic acids is 2. The quantitative estimate of drug-likeness (QED) is 0.527. The monoisotopic (exact) mass is 389 g/mol. The van der Waals surface area contributed by atoms with Crippen molar-refractivity contribution in [2.45, 2.75) is 18.4 Å². The van der Waals surface area contributed by atoms with E-state index in [0.717, 1.165) is 16.8 Å². The number of hydrogen-bond acceptors (Lipinski definition) is 5. The highest BCUT2D eigenvalue weighted by molar-refractivity contribution is 6.15. The molecule has 2 amide bonds. The second-order valence-corrected chi connectivity index (χ2v) is 7.12. The summed E-state index contributed by atoms with van der Waals surface area (Å²) < 4.78 is 0. The number of nitrogens with zero attached hydrogens (tertiary/aromatic N) is 3. The van der Waals surface area contributed by atoms with E-state index in [1.54, 1.807) is 23.2 Å². The van der Waals surface area contributed by atoms with Crippen LogP contribution in [0.15, 0.2) is 54.7 Å². The van der Waals surface area contributed by atoms with Crippen molar-refractivity contribution in [1.82, 2.24) is 10.2 Å². The predicted octanol–water partition coefficient (Wildman–Crippen LogP) is 2.49. The average molecular weight is 389 g/mol. The molecule has 9 heteroatoms. The maximum atomic E-state index is 13.7. The lowest BCUT2D eigenvalue weighted by atomic mass is 9.72. The third-order valence-electron chi connectivity index (χ3n) is 5.54. The van der Waals surface area contributed by atoms with Crippen molar-refractivity contribution < 1.29 is 14.5 Å². The van der Waals surface area contributed by atoms with Crippen LogP contribution in [0.5, 0.6) is 0 Å². The summed E-state index contributed by atoms with van der Waals surface area (Å²) in [7, 11) is 0. The number of benzene rings is 2. The first-order valence-corrected chi connectivity index (χ1v) is 8.99. The van der Waals surface area contributed by atoms with Gasteiger partial charge in [0.2, 0.25) is 11.8 Å². The third-order valence-corrected chi connectivity index (χ3v) is 5.54. The molecule has 0 fully saturated rings. The molecule has 1 spiro atoms. The number of aromatic amines is 1. The van der Waals surface area contributed by atoms with Gasteiger partial charge in [-0.25, -0.2) is 0 Å². The Morgan fingerprint density at radius 2 is 1.86 bits per heavy atom. The highest BCUT2D eigenvalue weighted by Gasteiger charge is 2.56. The fraction of sp³-hybridized carbons (Fsp3) is 0.150. The van der Waals surface area contributed by atoms with Crippen LogP contribution in [0.3, 0.4) is 0 Å². The summed E-state index contributed by atoms with van der Waals surface area (Å²) in [6.07, 6.45) is 1.57. The molecule has 0 saturated heterocycles. The van der Waals surface area contributed by atoms with Crippen LogP contribution in [-0.2, 0) is 21.5 Å². The molecule has 5 rings (SSSR count). The lowest BCUT2D eigenvalue weighted by molar-refractivity contribution is -0.384. The number of rotatable bonds is 3. The topological polar surface area (TPSA) is 121 Å². The Kier molecular flexibility index (Phi) is 3.54. The highest BCUT2D eigenvalue weighted by atomic mass is 16.6. The molecule has 1 atom stereocenters. The summed E-state index contributed by atoms with van der Waals surface area (Å²) >= 11 is 0. The van der Waals surface area contributed by atoms with Crippen molar-refractivity contribution in [2.24, 2.45) is 0 Å². The Morgan fingerprint density at radius 1 is 1.10 bits per heavy atom. The second kappa shape index (κ2) is 5.99. The lowest BCUT2D eigenvalue weighted by Gasteiger charge is -2.31. The number of nitro benzene ring substituents is 1. The van der Waals surface area contributed by atoms with Crippen LogP contribution in [0.25, 0.3) is 0 Å². The molecule has 0 aliphatic carbocycles. The Balaban J connectivity index is 1.61. The molecule has 1 unspecified atom stereocenters. The minimum atomic E-state index is -1.14. The van der Waals surface area contributed by atoms with E-state index in [9.17, 15) is 19.7 Å². The fourth-order valence-electron chi connectivity index (χ4n) is 4.24. The second-order valence-electron chi connectivity index (χ2n) is 7.12. The van der Waals surface area contributed by atoms with E-state index in [-0.39, 0.29) is 30.5 Å². The van der Waals surface area contributed by atoms with Crippen molar-refractivity contribution >= 4 is 29.0 Å². The van der Waals surface area contributed by atoms with Gasteiger partial charge < -0.3 is 10.2 Å². The number of fused-ring (bicyclic) bond motifs is 4. The molecule has 0 bridgehead atoms. The molecule has 0 saturated carbocycles. The molecule has 1 aromatic heterocycles. The summed E-state index contributed by atoms with van der Waals surface area (Å²) in [5.74, 6) is -0.0433. The minimum Gasteiger partial charge on any atom is -0.311 e. The first kappa shape index (κ1) is 17.1. The van der Waals surface area contributed by atoms with Crippen LogP contribution in [0.4, 0.5) is 17.2 Å². The Morgan fingerprint density at radius 3 is 2.62 bits per heavy atom. The summed E-state index contributed by atoms with van der Waals surface area (Å²) in [5.41, 5.74) is 1.72. The predicted molar refractivity (Wildman–Crippen MR) is 103 cm³/mol. The van der Waals surface area contributed by atoms with E-state index in [4.69, 9.17) is 0 Å². The van der Waals surface area contributed by atoms with E-state index >= 15 is 0 Å². The van der Waals surface area contributed by atoms with Gasteiger partial charge in [-0.1, -0.05) is 30.3 Å². The van der Waals surface area contributed by atoms with E-state index in [1.807, 2.05) is 24.3 Å². The van der Waals surface area contributed by atoms with Gasteiger partial charge >= 0.3 is 0 Å². The largest absolute Gasteiger partial charge is 0.311 e. The molecule has 29 heavy (non-hydrogen) atoms. The Bertz CT molecular complexity index is 1170. The molecule has 2 aliphatic heterocycles. The number of para-hydroxylation sites is 1. The van der Waals surface area contributed by atoms with Gasteiger partial charge in [0.25, 0.3) is 5.69 Å². The molecule has 2 aliphatic rings. The first-order chi connectivity index (χ1) is 14.0. The normalized spacial score (nSPS) is 19.8. The molecule has 2 aromatic carbocycles. The molecule has 2 N–H and O–H groups in total.